The molecule has 0 saturated heterocycles. The van der Waals surface area contributed by atoms with E-state index < -0.39 is 16.2 Å². The number of nitrogens with zero attached hydrogens (tertiary/aromatic N) is 1. The Balaban J connectivity index is 2.15. The molecule has 16 heavy (non-hydrogen) atoms. The number of dihydropyridines is 1. The first kappa shape index (κ1) is 10.8. The lowest BCUT2D eigenvalue weighted by molar-refractivity contribution is 0.556. The minimum atomic E-state index is -3.57. The predicted molar refractivity (Wildman–Crippen MR) is 59.8 cm³/mol. The summed E-state index contributed by atoms with van der Waals surface area (Å²) in [5.74, 6) is 0. The smallest absolute Gasteiger partial charge is 0.259 e. The molecule has 2 rings (SSSR count). The second kappa shape index (κ2) is 4.46. The number of allylic oxidation sites excluding steroid dienone is 2. The number of rotatable bonds is 3. The highest BCUT2D eigenvalue weighted by Crippen LogP contribution is 2.04. The summed E-state index contributed by atoms with van der Waals surface area (Å²) < 4.78 is 26.1. The fourth-order valence-electron chi connectivity index (χ4n) is 1.25. The average Bonchev–Trinajstić information content (AvgIpc) is 2.31. The average molecular weight is 237 g/mol. The Hall–Kier alpha value is -1.66. The standard InChI is InChI=1S/C10H11N3O2S/c14-16(15,10-6-2-4-8-12-10)13-9-5-1-3-7-11-9/h1-9,11,13H. The van der Waals surface area contributed by atoms with Crippen LogP contribution in [0.25, 0.3) is 0 Å². The summed E-state index contributed by atoms with van der Waals surface area (Å²) >= 11 is 0. The van der Waals surface area contributed by atoms with Crippen molar-refractivity contribution in [2.45, 2.75) is 11.2 Å². The number of sulfonamides is 1. The van der Waals surface area contributed by atoms with Gasteiger partial charge in [0.1, 0.15) is 6.17 Å². The lowest BCUT2D eigenvalue weighted by Crippen LogP contribution is -2.42. The topological polar surface area (TPSA) is 71.1 Å². The van der Waals surface area contributed by atoms with Crippen molar-refractivity contribution in [1.29, 1.82) is 0 Å². The fraction of sp³-hybridized carbons (Fsp3) is 0.100. The van der Waals surface area contributed by atoms with E-state index in [4.69, 9.17) is 0 Å². The SMILES string of the molecule is O=S(=O)(NC1C=CC=CN1)c1ccccn1. The number of aromatic nitrogens is 1. The summed E-state index contributed by atoms with van der Waals surface area (Å²) in [6.45, 7) is 0. The molecular formula is C10H11N3O2S. The third kappa shape index (κ3) is 2.47. The van der Waals surface area contributed by atoms with Gasteiger partial charge in [-0.15, -0.1) is 0 Å². The summed E-state index contributed by atoms with van der Waals surface area (Å²) in [4.78, 5) is 3.80. The van der Waals surface area contributed by atoms with Gasteiger partial charge in [0, 0.05) is 6.20 Å². The Labute approximate surface area is 94.0 Å². The number of nitrogens with one attached hydrogen (secondary N) is 2. The molecule has 0 aromatic carbocycles. The van der Waals surface area contributed by atoms with E-state index in [9.17, 15) is 8.42 Å². The Bertz CT molecular complexity index is 508. The van der Waals surface area contributed by atoms with E-state index in [1.165, 1.54) is 12.3 Å². The minimum absolute atomic E-state index is 0.0137. The number of hydrogen-bond donors (Lipinski definition) is 2. The van der Waals surface area contributed by atoms with Gasteiger partial charge in [-0.05, 0) is 30.5 Å². The van der Waals surface area contributed by atoms with E-state index in [1.807, 2.05) is 0 Å². The molecule has 5 nitrogen and oxygen atoms in total. The molecule has 1 atom stereocenters. The van der Waals surface area contributed by atoms with E-state index in [2.05, 4.69) is 15.0 Å². The highest BCUT2D eigenvalue weighted by atomic mass is 32.2. The van der Waals surface area contributed by atoms with E-state index in [0.29, 0.717) is 0 Å². The summed E-state index contributed by atoms with van der Waals surface area (Å²) in [6, 6.07) is 4.75. The third-order valence-corrected chi connectivity index (χ3v) is 3.34. The van der Waals surface area contributed by atoms with E-state index in [1.54, 1.807) is 36.6 Å². The van der Waals surface area contributed by atoms with E-state index in [-0.39, 0.29) is 5.03 Å². The molecule has 1 aliphatic heterocycles. The molecule has 0 aliphatic carbocycles. The van der Waals surface area contributed by atoms with Crippen LogP contribution in [-0.4, -0.2) is 19.6 Å². The van der Waals surface area contributed by atoms with Gasteiger partial charge in [0.25, 0.3) is 10.0 Å². The van der Waals surface area contributed by atoms with Crippen molar-refractivity contribution in [3.05, 3.63) is 48.8 Å². The maximum Gasteiger partial charge on any atom is 0.259 e. The summed E-state index contributed by atoms with van der Waals surface area (Å²) in [5, 5.41) is 2.87. The molecular weight excluding hydrogens is 226 g/mol. The molecule has 2 heterocycles. The molecule has 0 saturated carbocycles. The zero-order chi connectivity index (χ0) is 11.4. The van der Waals surface area contributed by atoms with Crippen molar-refractivity contribution in [2.75, 3.05) is 0 Å². The molecule has 0 bridgehead atoms. The lowest BCUT2D eigenvalue weighted by atomic mass is 10.3. The van der Waals surface area contributed by atoms with Gasteiger partial charge < -0.3 is 5.32 Å². The van der Waals surface area contributed by atoms with Gasteiger partial charge in [0.2, 0.25) is 0 Å². The maximum atomic E-state index is 11.8. The van der Waals surface area contributed by atoms with Crippen LogP contribution in [0.4, 0.5) is 0 Å². The quantitative estimate of drug-likeness (QED) is 0.796. The summed E-state index contributed by atoms with van der Waals surface area (Å²) in [7, 11) is -3.57. The van der Waals surface area contributed by atoms with Crippen molar-refractivity contribution in [1.82, 2.24) is 15.0 Å². The van der Waals surface area contributed by atoms with Gasteiger partial charge in [-0.3, -0.25) is 0 Å². The molecule has 6 heteroatoms. The summed E-state index contributed by atoms with van der Waals surface area (Å²) in [5.41, 5.74) is 0. The molecule has 1 aromatic rings. The van der Waals surface area contributed by atoms with Crippen LogP contribution in [0.3, 0.4) is 0 Å². The summed E-state index contributed by atoms with van der Waals surface area (Å²) in [6.07, 6.45) is 7.94. The van der Waals surface area contributed by atoms with Gasteiger partial charge >= 0.3 is 0 Å². The Morgan fingerprint density at radius 1 is 1.31 bits per heavy atom. The van der Waals surface area contributed by atoms with Crippen LogP contribution in [0.5, 0.6) is 0 Å². The van der Waals surface area contributed by atoms with Crippen LogP contribution in [0, 0.1) is 0 Å². The number of hydrogen-bond acceptors (Lipinski definition) is 4. The molecule has 0 radical (unpaired) electrons. The van der Waals surface area contributed by atoms with Gasteiger partial charge in [0.15, 0.2) is 5.03 Å². The van der Waals surface area contributed by atoms with Gasteiger partial charge in [-0.2, -0.15) is 4.72 Å². The largest absolute Gasteiger partial charge is 0.372 e. The molecule has 1 unspecified atom stereocenters. The first-order chi connectivity index (χ1) is 7.68. The Morgan fingerprint density at radius 3 is 2.81 bits per heavy atom. The van der Waals surface area contributed by atoms with Crippen LogP contribution in [0.2, 0.25) is 0 Å². The van der Waals surface area contributed by atoms with Crippen LogP contribution in [-0.2, 0) is 10.0 Å². The third-order valence-electron chi connectivity index (χ3n) is 1.98. The maximum absolute atomic E-state index is 11.8. The molecule has 2 N–H and O–H groups in total. The van der Waals surface area contributed by atoms with Gasteiger partial charge in [-0.1, -0.05) is 12.1 Å². The van der Waals surface area contributed by atoms with Crippen molar-refractivity contribution in [3.8, 4) is 0 Å². The van der Waals surface area contributed by atoms with Crippen molar-refractivity contribution < 1.29 is 8.42 Å². The monoisotopic (exact) mass is 237 g/mol. The minimum Gasteiger partial charge on any atom is -0.372 e. The normalized spacial score (nSPS) is 19.4. The Kier molecular flexibility index (Phi) is 3.02. The van der Waals surface area contributed by atoms with Crippen LogP contribution in [0.1, 0.15) is 0 Å². The Morgan fingerprint density at radius 2 is 2.19 bits per heavy atom. The predicted octanol–water partition coefficient (Wildman–Crippen LogP) is 0.359. The second-order valence-electron chi connectivity index (χ2n) is 3.18. The van der Waals surface area contributed by atoms with Crippen LogP contribution >= 0.6 is 0 Å². The van der Waals surface area contributed by atoms with Crippen molar-refractivity contribution in [3.63, 3.8) is 0 Å². The van der Waals surface area contributed by atoms with Gasteiger partial charge in [0.05, 0.1) is 0 Å². The highest BCUT2D eigenvalue weighted by Gasteiger charge is 2.18. The van der Waals surface area contributed by atoms with Crippen LogP contribution in [0.15, 0.2) is 53.8 Å². The zero-order valence-electron chi connectivity index (χ0n) is 8.37. The van der Waals surface area contributed by atoms with Crippen LogP contribution < -0.4 is 10.0 Å². The molecule has 1 aromatic heterocycles. The molecule has 0 spiro atoms. The zero-order valence-corrected chi connectivity index (χ0v) is 9.18. The van der Waals surface area contributed by atoms with Crippen molar-refractivity contribution in [2.24, 2.45) is 0 Å². The fourth-order valence-corrected chi connectivity index (χ4v) is 2.31. The van der Waals surface area contributed by atoms with E-state index >= 15 is 0 Å². The van der Waals surface area contributed by atoms with E-state index in [0.717, 1.165) is 0 Å². The molecule has 0 amide bonds. The van der Waals surface area contributed by atoms with Gasteiger partial charge in [-0.25, -0.2) is 13.4 Å². The molecule has 84 valence electrons. The molecule has 0 fully saturated rings. The number of pyridine rings is 1. The molecule has 1 aliphatic rings. The van der Waals surface area contributed by atoms with Crippen molar-refractivity contribution >= 4 is 10.0 Å². The lowest BCUT2D eigenvalue weighted by Gasteiger charge is -2.16. The highest BCUT2D eigenvalue weighted by molar-refractivity contribution is 7.89. The second-order valence-corrected chi connectivity index (χ2v) is 4.84. The first-order valence-corrected chi connectivity index (χ1v) is 6.19. The first-order valence-electron chi connectivity index (χ1n) is 4.71.